The number of carboxylic acid groups (broad SMARTS) is 1. The van der Waals surface area contributed by atoms with Gasteiger partial charge < -0.3 is 9.67 Å². The smallest absolute Gasteiger partial charge is 0.303 e. The SMILES string of the molecule is [C-]#[N+]c1cnc2c(c1)c(C(=O)CC(C)CC(=O)O)c(CCCCCCC#CC1CC(F)(F)C1)n2C. The fourth-order valence-corrected chi connectivity index (χ4v) is 4.64. The Morgan fingerprint density at radius 3 is 2.66 bits per heavy atom. The molecule has 1 N–H and O–H groups in total. The molecule has 1 aliphatic rings. The van der Waals surface area contributed by atoms with E-state index in [4.69, 9.17) is 11.7 Å². The standard InChI is InChI=1S/C27H31F2N3O3/c1-18(13-24(34)35)12-23(33)25-21-14-20(30-2)17-31-26(21)32(3)22(25)11-9-7-5-4-6-8-10-19-15-27(28,29)16-19/h14,17-19H,4-7,9,11-13,15-16H2,1,3H3,(H,34,35). The van der Waals surface area contributed by atoms with Gasteiger partial charge in [0.2, 0.25) is 5.69 Å². The first kappa shape index (κ1) is 26.3. The van der Waals surface area contributed by atoms with Crippen molar-refractivity contribution in [2.75, 3.05) is 0 Å². The van der Waals surface area contributed by atoms with Crippen LogP contribution in [0.4, 0.5) is 14.5 Å². The molecule has 2 heterocycles. The van der Waals surface area contributed by atoms with Crippen molar-refractivity contribution >= 4 is 28.5 Å². The summed E-state index contributed by atoms with van der Waals surface area (Å²) in [6.07, 6.45) is 6.31. The third-order valence-corrected chi connectivity index (χ3v) is 6.46. The number of alkyl halides is 2. The molecule has 2 aromatic rings. The Kier molecular flexibility index (Phi) is 8.62. The zero-order valence-corrected chi connectivity index (χ0v) is 20.2. The van der Waals surface area contributed by atoms with Crippen LogP contribution < -0.4 is 0 Å². The van der Waals surface area contributed by atoms with Crippen molar-refractivity contribution in [2.45, 2.75) is 77.1 Å². The molecule has 2 aromatic heterocycles. The number of carbonyl (C=O) groups excluding carboxylic acids is 1. The predicted molar refractivity (Wildman–Crippen MR) is 130 cm³/mol. The van der Waals surface area contributed by atoms with E-state index >= 15 is 0 Å². The van der Waals surface area contributed by atoms with Gasteiger partial charge in [-0.1, -0.05) is 25.7 Å². The summed E-state index contributed by atoms with van der Waals surface area (Å²) >= 11 is 0. The van der Waals surface area contributed by atoms with E-state index in [0.29, 0.717) is 35.1 Å². The molecule has 8 heteroatoms. The molecule has 0 bridgehead atoms. The number of ketones is 1. The van der Waals surface area contributed by atoms with Crippen LogP contribution in [0.15, 0.2) is 12.3 Å². The van der Waals surface area contributed by atoms with Crippen LogP contribution in [-0.2, 0) is 18.3 Å². The highest BCUT2D eigenvalue weighted by molar-refractivity contribution is 6.09. The van der Waals surface area contributed by atoms with Gasteiger partial charge in [-0.25, -0.2) is 18.6 Å². The minimum atomic E-state index is -2.53. The van der Waals surface area contributed by atoms with Crippen LogP contribution in [0.2, 0.25) is 0 Å². The van der Waals surface area contributed by atoms with Gasteiger partial charge in [-0.3, -0.25) is 9.59 Å². The highest BCUT2D eigenvalue weighted by atomic mass is 19.3. The van der Waals surface area contributed by atoms with Gasteiger partial charge in [-0.2, -0.15) is 0 Å². The van der Waals surface area contributed by atoms with Gasteiger partial charge in [0.25, 0.3) is 5.92 Å². The maximum atomic E-state index is 13.2. The molecule has 1 aliphatic carbocycles. The maximum absolute atomic E-state index is 13.2. The van der Waals surface area contributed by atoms with Crippen molar-refractivity contribution in [2.24, 2.45) is 18.9 Å². The number of aryl methyl sites for hydroxylation is 1. The zero-order chi connectivity index (χ0) is 25.6. The van der Waals surface area contributed by atoms with Gasteiger partial charge >= 0.3 is 5.97 Å². The van der Waals surface area contributed by atoms with Crippen LogP contribution in [-0.4, -0.2) is 32.3 Å². The van der Waals surface area contributed by atoms with E-state index in [1.807, 2.05) is 11.6 Å². The minimum Gasteiger partial charge on any atom is -0.481 e. The number of hydrogen-bond donors (Lipinski definition) is 1. The van der Waals surface area contributed by atoms with E-state index in [0.717, 1.165) is 31.4 Å². The molecular formula is C27H31F2N3O3. The largest absolute Gasteiger partial charge is 0.481 e. The van der Waals surface area contributed by atoms with E-state index < -0.39 is 11.9 Å². The van der Waals surface area contributed by atoms with E-state index in [2.05, 4.69) is 21.7 Å². The lowest BCUT2D eigenvalue weighted by molar-refractivity contribution is -0.137. The molecule has 1 atom stereocenters. The van der Waals surface area contributed by atoms with Crippen molar-refractivity contribution in [1.82, 2.24) is 9.55 Å². The first-order valence-electron chi connectivity index (χ1n) is 12.1. The quantitative estimate of drug-likeness (QED) is 0.175. The predicted octanol–water partition coefficient (Wildman–Crippen LogP) is 6.35. The Morgan fingerprint density at radius 1 is 1.29 bits per heavy atom. The summed E-state index contributed by atoms with van der Waals surface area (Å²) in [5.41, 5.74) is 2.39. The minimum absolute atomic E-state index is 0.0799. The molecule has 0 amide bonds. The number of pyridine rings is 1. The lowest BCUT2D eigenvalue weighted by Gasteiger charge is -2.31. The van der Waals surface area contributed by atoms with Crippen LogP contribution in [0.3, 0.4) is 0 Å². The van der Waals surface area contributed by atoms with Gasteiger partial charge in [-0.15, -0.1) is 5.92 Å². The summed E-state index contributed by atoms with van der Waals surface area (Å²) < 4.78 is 27.6. The summed E-state index contributed by atoms with van der Waals surface area (Å²) in [4.78, 5) is 32.1. The van der Waals surface area contributed by atoms with Gasteiger partial charge in [0.05, 0.1) is 6.57 Å². The maximum Gasteiger partial charge on any atom is 0.303 e. The summed E-state index contributed by atoms with van der Waals surface area (Å²) in [6, 6.07) is 1.69. The number of aromatic nitrogens is 2. The van der Waals surface area contributed by atoms with E-state index in [9.17, 15) is 18.4 Å². The Labute approximate surface area is 204 Å². The number of unbranched alkanes of at least 4 members (excludes halogenated alkanes) is 4. The normalized spacial score (nSPS) is 15.6. The second-order valence-electron chi connectivity index (χ2n) is 9.58. The number of nitrogens with zero attached hydrogens (tertiary/aromatic N) is 3. The lowest BCUT2D eigenvalue weighted by atomic mass is 9.82. The van der Waals surface area contributed by atoms with Gasteiger partial charge in [0.1, 0.15) is 5.65 Å². The fourth-order valence-electron chi connectivity index (χ4n) is 4.64. The van der Waals surface area contributed by atoms with E-state index in [1.54, 1.807) is 13.0 Å². The molecule has 0 radical (unpaired) electrons. The fraction of sp³-hybridized carbons (Fsp3) is 0.556. The van der Waals surface area contributed by atoms with Crippen molar-refractivity contribution < 1.29 is 23.5 Å². The number of carboxylic acids is 1. The molecule has 3 rings (SSSR count). The van der Waals surface area contributed by atoms with Crippen LogP contribution in [0.5, 0.6) is 0 Å². The summed E-state index contributed by atoms with van der Waals surface area (Å²) in [7, 11) is 1.86. The van der Waals surface area contributed by atoms with Crippen LogP contribution in [0.25, 0.3) is 15.9 Å². The molecule has 1 fully saturated rings. The number of rotatable bonds is 11. The Balaban J connectivity index is 1.62. The van der Waals surface area contributed by atoms with Crippen molar-refractivity contribution in [3.05, 3.63) is 34.9 Å². The van der Waals surface area contributed by atoms with Gasteiger partial charge in [0, 0.05) is 67.9 Å². The molecule has 1 saturated carbocycles. The lowest BCUT2D eigenvalue weighted by Crippen LogP contribution is -2.34. The molecule has 0 aliphatic heterocycles. The third kappa shape index (κ3) is 6.88. The molecular weight excluding hydrogens is 452 g/mol. The third-order valence-electron chi connectivity index (χ3n) is 6.46. The summed E-state index contributed by atoms with van der Waals surface area (Å²) in [6.45, 7) is 9.04. The van der Waals surface area contributed by atoms with Crippen molar-refractivity contribution in [3.63, 3.8) is 0 Å². The van der Waals surface area contributed by atoms with Crippen molar-refractivity contribution in [1.29, 1.82) is 0 Å². The van der Waals surface area contributed by atoms with Crippen LogP contribution >= 0.6 is 0 Å². The average Bonchev–Trinajstić information content (AvgIpc) is 3.04. The molecule has 0 saturated heterocycles. The number of aliphatic carboxylic acids is 1. The monoisotopic (exact) mass is 483 g/mol. The number of Topliss-reactive ketones (excluding diaryl/α,β-unsaturated/α-hetero) is 1. The molecule has 6 nitrogen and oxygen atoms in total. The summed E-state index contributed by atoms with van der Waals surface area (Å²) in [5.74, 6) is 1.91. The highest BCUT2D eigenvalue weighted by Crippen LogP contribution is 2.41. The van der Waals surface area contributed by atoms with Gasteiger partial charge in [0.15, 0.2) is 5.78 Å². The molecule has 0 spiro atoms. The van der Waals surface area contributed by atoms with E-state index in [1.165, 1.54) is 6.20 Å². The Morgan fingerprint density at radius 2 is 2.00 bits per heavy atom. The number of fused-ring (bicyclic) bond motifs is 1. The second-order valence-corrected chi connectivity index (χ2v) is 9.58. The number of hydrogen-bond acceptors (Lipinski definition) is 3. The molecule has 1 unspecified atom stereocenters. The number of halogens is 2. The molecule has 0 aromatic carbocycles. The first-order chi connectivity index (χ1) is 16.6. The second kappa shape index (κ2) is 11.4. The van der Waals surface area contributed by atoms with Crippen molar-refractivity contribution in [3.8, 4) is 11.8 Å². The van der Waals surface area contributed by atoms with Crippen LogP contribution in [0.1, 0.15) is 80.8 Å². The summed E-state index contributed by atoms with van der Waals surface area (Å²) in [5, 5.41) is 9.69. The zero-order valence-electron chi connectivity index (χ0n) is 20.2. The average molecular weight is 484 g/mol. The Bertz CT molecular complexity index is 1190. The van der Waals surface area contributed by atoms with E-state index in [-0.39, 0.29) is 43.3 Å². The first-order valence-corrected chi connectivity index (χ1v) is 12.1. The Hall–Kier alpha value is -3.26. The van der Waals surface area contributed by atoms with Crippen LogP contribution in [0, 0.1) is 30.2 Å². The molecule has 35 heavy (non-hydrogen) atoms. The topological polar surface area (TPSA) is 76.6 Å². The highest BCUT2D eigenvalue weighted by Gasteiger charge is 2.44. The van der Waals surface area contributed by atoms with Gasteiger partial charge in [-0.05, 0) is 31.2 Å². The molecule has 186 valence electrons. The number of carbonyl (C=O) groups is 2.